The molecule has 120 valence electrons. The third-order valence-electron chi connectivity index (χ3n) is 4.87. The van der Waals surface area contributed by atoms with Gasteiger partial charge < -0.3 is 15.2 Å². The normalized spacial score (nSPS) is 33.0. The van der Waals surface area contributed by atoms with Crippen LogP contribution in [-0.2, 0) is 9.47 Å². The summed E-state index contributed by atoms with van der Waals surface area (Å²) >= 11 is 0. The van der Waals surface area contributed by atoms with Crippen LogP contribution in [0, 0.1) is 0 Å². The fraction of sp³-hybridized carbons (Fsp3) is 0.750. The molecule has 2 bridgehead atoms. The second-order valence-corrected chi connectivity index (χ2v) is 6.17. The number of rotatable bonds is 6. The maximum atomic E-state index is 13.7. The van der Waals surface area contributed by atoms with Gasteiger partial charge in [-0.25, -0.2) is 4.39 Å². The molecule has 3 aliphatic rings. The molecular formula is C16H27FN2O2. The van der Waals surface area contributed by atoms with E-state index in [9.17, 15) is 4.39 Å². The summed E-state index contributed by atoms with van der Waals surface area (Å²) in [5.41, 5.74) is 6.13. The summed E-state index contributed by atoms with van der Waals surface area (Å²) in [6.07, 6.45) is 9.91. The number of piperidine rings is 1. The van der Waals surface area contributed by atoms with Gasteiger partial charge in [0.2, 0.25) is 0 Å². The summed E-state index contributed by atoms with van der Waals surface area (Å²) in [5.74, 6) is -0.00532. The highest BCUT2D eigenvalue weighted by atomic mass is 19.1. The molecule has 2 saturated heterocycles. The van der Waals surface area contributed by atoms with Crippen LogP contribution >= 0.6 is 0 Å². The first-order valence-corrected chi connectivity index (χ1v) is 7.97. The summed E-state index contributed by atoms with van der Waals surface area (Å²) in [5, 5.41) is 0. The number of hydrogen-bond donors (Lipinski definition) is 1. The van der Waals surface area contributed by atoms with E-state index < -0.39 is 0 Å². The van der Waals surface area contributed by atoms with E-state index in [-0.39, 0.29) is 20.1 Å². The van der Waals surface area contributed by atoms with E-state index >= 15 is 0 Å². The van der Waals surface area contributed by atoms with Gasteiger partial charge in [-0.15, -0.1) is 0 Å². The second kappa shape index (κ2) is 7.01. The van der Waals surface area contributed by atoms with E-state index in [0.717, 1.165) is 24.8 Å². The quantitative estimate of drug-likeness (QED) is 0.766. The topological polar surface area (TPSA) is 47.7 Å². The smallest absolute Gasteiger partial charge is 0.106 e. The zero-order valence-corrected chi connectivity index (χ0v) is 12.5. The molecule has 0 aromatic heterocycles. The SMILES string of the molecule is NCOCN1[C@@H]2CC[C@H]1CC(OCC1=C(F)CCC=C1)C2.[HH]. The molecule has 0 saturated carbocycles. The largest absolute Gasteiger partial charge is 0.373 e. The first-order chi connectivity index (χ1) is 10.3. The van der Waals surface area contributed by atoms with Crippen LogP contribution in [0.4, 0.5) is 4.39 Å². The predicted molar refractivity (Wildman–Crippen MR) is 81.3 cm³/mol. The Labute approximate surface area is 127 Å². The van der Waals surface area contributed by atoms with E-state index in [1.54, 1.807) is 0 Å². The van der Waals surface area contributed by atoms with E-state index in [0.29, 0.717) is 31.8 Å². The molecule has 3 rings (SSSR count). The highest BCUT2D eigenvalue weighted by Gasteiger charge is 2.41. The maximum Gasteiger partial charge on any atom is 0.106 e. The van der Waals surface area contributed by atoms with Crippen molar-refractivity contribution in [2.75, 3.05) is 20.1 Å². The molecule has 0 aromatic carbocycles. The van der Waals surface area contributed by atoms with Crippen molar-refractivity contribution in [1.29, 1.82) is 0 Å². The lowest BCUT2D eigenvalue weighted by Crippen LogP contribution is -2.46. The summed E-state index contributed by atoms with van der Waals surface area (Å²) in [6.45, 7) is 1.31. The Kier molecular flexibility index (Phi) is 5.06. The number of allylic oxidation sites excluding steroid dienone is 2. The van der Waals surface area contributed by atoms with Gasteiger partial charge in [0.15, 0.2) is 0 Å². The fourth-order valence-corrected chi connectivity index (χ4v) is 3.75. The zero-order valence-electron chi connectivity index (χ0n) is 12.5. The van der Waals surface area contributed by atoms with Crippen LogP contribution in [0.25, 0.3) is 0 Å². The summed E-state index contributed by atoms with van der Waals surface area (Å²) < 4.78 is 25.0. The molecule has 2 aliphatic heterocycles. The molecule has 5 heteroatoms. The van der Waals surface area contributed by atoms with Crippen molar-refractivity contribution in [1.82, 2.24) is 4.90 Å². The van der Waals surface area contributed by atoms with E-state index in [1.807, 2.05) is 12.2 Å². The van der Waals surface area contributed by atoms with Gasteiger partial charge in [0, 0.05) is 25.5 Å². The first kappa shape index (κ1) is 15.2. The Morgan fingerprint density at radius 2 is 2.10 bits per heavy atom. The average molecular weight is 298 g/mol. The number of halogens is 1. The highest BCUT2D eigenvalue weighted by molar-refractivity contribution is 5.26. The molecular weight excluding hydrogens is 271 g/mol. The average Bonchev–Trinajstić information content (AvgIpc) is 2.73. The number of ether oxygens (including phenoxy) is 2. The molecule has 0 radical (unpaired) electrons. The second-order valence-electron chi connectivity index (χ2n) is 6.17. The summed E-state index contributed by atoms with van der Waals surface area (Å²) in [4.78, 5) is 2.41. The van der Waals surface area contributed by atoms with Gasteiger partial charge in [-0.2, -0.15) is 0 Å². The monoisotopic (exact) mass is 298 g/mol. The van der Waals surface area contributed by atoms with Crippen LogP contribution in [0.2, 0.25) is 0 Å². The van der Waals surface area contributed by atoms with Crippen LogP contribution in [-0.4, -0.2) is 43.2 Å². The lowest BCUT2D eigenvalue weighted by Gasteiger charge is -2.38. The van der Waals surface area contributed by atoms with Gasteiger partial charge in [-0.1, -0.05) is 12.2 Å². The van der Waals surface area contributed by atoms with Gasteiger partial charge in [0.1, 0.15) is 12.6 Å². The van der Waals surface area contributed by atoms with Crippen LogP contribution < -0.4 is 5.73 Å². The van der Waals surface area contributed by atoms with E-state index in [2.05, 4.69) is 4.90 Å². The third-order valence-corrected chi connectivity index (χ3v) is 4.87. The Hall–Kier alpha value is -0.750. The Morgan fingerprint density at radius 3 is 2.76 bits per heavy atom. The molecule has 2 heterocycles. The van der Waals surface area contributed by atoms with Crippen molar-refractivity contribution in [2.24, 2.45) is 5.73 Å². The molecule has 2 fully saturated rings. The molecule has 1 unspecified atom stereocenters. The summed E-state index contributed by atoms with van der Waals surface area (Å²) in [6, 6.07) is 1.06. The van der Waals surface area contributed by atoms with Crippen LogP contribution in [0.1, 0.15) is 40.0 Å². The zero-order chi connectivity index (χ0) is 14.7. The van der Waals surface area contributed by atoms with Crippen LogP contribution in [0.15, 0.2) is 23.6 Å². The van der Waals surface area contributed by atoms with Crippen molar-refractivity contribution in [2.45, 2.75) is 56.7 Å². The molecule has 21 heavy (non-hydrogen) atoms. The fourth-order valence-electron chi connectivity index (χ4n) is 3.75. The number of hydrogen-bond acceptors (Lipinski definition) is 4. The standard InChI is InChI=1S/C16H25FN2O2.H2/c17-16-4-2-1-3-12(16)9-21-15-7-13-5-6-14(8-15)19(13)11-20-10-18;/h1,3,13-15H,2,4-11,18H2;1H/t13-,14+,15?;. The molecule has 2 N–H and O–H groups in total. The van der Waals surface area contributed by atoms with Crippen molar-refractivity contribution in [3.8, 4) is 0 Å². The molecule has 3 atom stereocenters. The minimum atomic E-state index is -0.00532. The molecule has 4 nitrogen and oxygen atoms in total. The van der Waals surface area contributed by atoms with Crippen molar-refractivity contribution >= 4 is 0 Å². The first-order valence-electron chi connectivity index (χ1n) is 7.97. The Morgan fingerprint density at radius 1 is 1.33 bits per heavy atom. The van der Waals surface area contributed by atoms with Crippen LogP contribution in [0.3, 0.4) is 0 Å². The molecule has 1 aliphatic carbocycles. The number of nitrogens with two attached hydrogens (primary N) is 1. The van der Waals surface area contributed by atoms with Gasteiger partial charge in [0.25, 0.3) is 0 Å². The number of nitrogens with zero attached hydrogens (tertiary/aromatic N) is 1. The molecule has 0 spiro atoms. The van der Waals surface area contributed by atoms with Gasteiger partial charge in [-0.3, -0.25) is 4.90 Å². The van der Waals surface area contributed by atoms with E-state index in [4.69, 9.17) is 15.2 Å². The van der Waals surface area contributed by atoms with Gasteiger partial charge in [-0.05, 0) is 32.1 Å². The van der Waals surface area contributed by atoms with Gasteiger partial charge in [0.05, 0.1) is 19.4 Å². The van der Waals surface area contributed by atoms with Crippen molar-refractivity contribution < 1.29 is 15.3 Å². The molecule has 0 aromatic rings. The van der Waals surface area contributed by atoms with Crippen molar-refractivity contribution in [3.05, 3.63) is 23.6 Å². The minimum absolute atomic E-state index is 0. The van der Waals surface area contributed by atoms with Crippen molar-refractivity contribution in [3.63, 3.8) is 0 Å². The molecule has 0 amide bonds. The lowest BCUT2D eigenvalue weighted by atomic mass is 10.00. The van der Waals surface area contributed by atoms with Gasteiger partial charge >= 0.3 is 0 Å². The lowest BCUT2D eigenvalue weighted by molar-refractivity contribution is -0.0590. The number of fused-ring (bicyclic) bond motifs is 2. The highest BCUT2D eigenvalue weighted by Crippen LogP contribution is 2.37. The maximum absolute atomic E-state index is 13.7. The Bertz CT molecular complexity index is 416. The summed E-state index contributed by atoms with van der Waals surface area (Å²) in [7, 11) is 0. The third kappa shape index (κ3) is 3.54. The predicted octanol–water partition coefficient (Wildman–Crippen LogP) is 2.71. The van der Waals surface area contributed by atoms with Crippen LogP contribution in [0.5, 0.6) is 0 Å². The minimum Gasteiger partial charge on any atom is -0.373 e. The Balaban J connectivity index is 0.00000176. The van der Waals surface area contributed by atoms with E-state index in [1.165, 1.54) is 12.8 Å².